The maximum absolute atomic E-state index is 13.0. The van der Waals surface area contributed by atoms with Crippen molar-refractivity contribution in [1.82, 2.24) is 10.9 Å². The molecule has 0 aliphatic rings. The number of carbonyl (C=O) groups excluding carboxylic acids is 3. The van der Waals surface area contributed by atoms with Gasteiger partial charge in [0.1, 0.15) is 5.82 Å². The maximum atomic E-state index is 13.0. The van der Waals surface area contributed by atoms with Gasteiger partial charge in [0, 0.05) is 33.0 Å². The van der Waals surface area contributed by atoms with Gasteiger partial charge in [0.15, 0.2) is 5.78 Å². The number of rotatable bonds is 6. The van der Waals surface area contributed by atoms with Crippen molar-refractivity contribution >= 4 is 40.3 Å². The van der Waals surface area contributed by atoms with Gasteiger partial charge in [0.25, 0.3) is 5.91 Å². The molecule has 0 radical (unpaired) electrons. The Hall–Kier alpha value is -2.84. The predicted octanol–water partition coefficient (Wildman–Crippen LogP) is 4.66. The van der Waals surface area contributed by atoms with Crippen LogP contribution in [0.1, 0.15) is 42.6 Å². The van der Waals surface area contributed by atoms with Crippen LogP contribution in [0.4, 0.5) is 4.39 Å². The summed E-state index contributed by atoms with van der Waals surface area (Å²) in [6.45, 7) is 3.81. The Balaban J connectivity index is 1.49. The van der Waals surface area contributed by atoms with E-state index in [0.29, 0.717) is 10.4 Å². The monoisotopic (exact) mass is 430 g/mol. The highest BCUT2D eigenvalue weighted by Gasteiger charge is 2.15. The van der Waals surface area contributed by atoms with E-state index < -0.39 is 11.8 Å². The van der Waals surface area contributed by atoms with Gasteiger partial charge in [-0.2, -0.15) is 0 Å². The second-order valence-corrected chi connectivity index (χ2v) is 8.97. The van der Waals surface area contributed by atoms with Crippen LogP contribution in [0, 0.1) is 19.7 Å². The van der Waals surface area contributed by atoms with Crippen LogP contribution in [0.2, 0.25) is 0 Å². The molecule has 0 aliphatic heterocycles. The van der Waals surface area contributed by atoms with Gasteiger partial charge in [-0.1, -0.05) is 12.1 Å². The van der Waals surface area contributed by atoms with Crippen LogP contribution in [0.5, 0.6) is 0 Å². The number of ketones is 1. The SMILES string of the molecule is Cc1cc(C(=O)CCC(=O)NNC(=O)c2ccc(-c3ccc(F)cc3)s2)c(C)s1. The molecule has 0 saturated carbocycles. The van der Waals surface area contributed by atoms with Crippen molar-refractivity contribution in [3.63, 3.8) is 0 Å². The van der Waals surface area contributed by atoms with Crippen molar-refractivity contribution in [2.45, 2.75) is 26.7 Å². The topological polar surface area (TPSA) is 75.3 Å². The molecular weight excluding hydrogens is 411 g/mol. The van der Waals surface area contributed by atoms with E-state index in [0.717, 1.165) is 20.2 Å². The molecule has 0 bridgehead atoms. The first-order valence-electron chi connectivity index (χ1n) is 8.88. The van der Waals surface area contributed by atoms with Crippen LogP contribution in [-0.2, 0) is 4.79 Å². The molecule has 2 N–H and O–H groups in total. The number of nitrogens with one attached hydrogen (secondary N) is 2. The van der Waals surface area contributed by atoms with Gasteiger partial charge in [0.2, 0.25) is 5.91 Å². The van der Waals surface area contributed by atoms with Gasteiger partial charge in [-0.05, 0) is 49.7 Å². The quantitative estimate of drug-likeness (QED) is 0.441. The van der Waals surface area contributed by atoms with Gasteiger partial charge < -0.3 is 0 Å². The minimum atomic E-state index is -0.452. The summed E-state index contributed by atoms with van der Waals surface area (Å²) in [6, 6.07) is 11.2. The second kappa shape index (κ2) is 9.11. The first-order valence-corrected chi connectivity index (χ1v) is 10.5. The van der Waals surface area contributed by atoms with Gasteiger partial charge in [-0.25, -0.2) is 4.39 Å². The Labute approximate surface area is 175 Å². The summed E-state index contributed by atoms with van der Waals surface area (Å²) in [5, 5.41) is 0. The van der Waals surface area contributed by atoms with Gasteiger partial charge in [-0.15, -0.1) is 22.7 Å². The number of Topliss-reactive ketones (excluding diaryl/α,β-unsaturated/α-hetero) is 1. The summed E-state index contributed by atoms with van der Waals surface area (Å²) in [5.41, 5.74) is 6.14. The molecular formula is C21H19FN2O3S2. The summed E-state index contributed by atoms with van der Waals surface area (Å²) < 4.78 is 13.0. The van der Waals surface area contributed by atoms with E-state index in [2.05, 4.69) is 10.9 Å². The Kier molecular flexibility index (Phi) is 6.56. The molecule has 5 nitrogen and oxygen atoms in total. The number of amides is 2. The molecule has 0 saturated heterocycles. The molecule has 29 heavy (non-hydrogen) atoms. The predicted molar refractivity (Wildman–Crippen MR) is 113 cm³/mol. The molecule has 0 aliphatic carbocycles. The number of halogens is 1. The lowest BCUT2D eigenvalue weighted by Gasteiger charge is -2.06. The molecule has 2 aromatic heterocycles. The fourth-order valence-electron chi connectivity index (χ4n) is 2.75. The van der Waals surface area contributed by atoms with E-state index in [9.17, 15) is 18.8 Å². The number of aryl methyl sites for hydroxylation is 2. The third-order valence-electron chi connectivity index (χ3n) is 4.19. The molecule has 0 spiro atoms. The largest absolute Gasteiger partial charge is 0.294 e. The van der Waals surface area contributed by atoms with Crippen LogP contribution in [0.15, 0.2) is 42.5 Å². The zero-order valence-electron chi connectivity index (χ0n) is 15.9. The first kappa shape index (κ1) is 20.9. The highest BCUT2D eigenvalue weighted by Crippen LogP contribution is 2.28. The van der Waals surface area contributed by atoms with Crippen molar-refractivity contribution in [3.8, 4) is 10.4 Å². The van der Waals surface area contributed by atoms with Crippen LogP contribution in [-0.4, -0.2) is 17.6 Å². The first-order chi connectivity index (χ1) is 13.8. The zero-order chi connectivity index (χ0) is 21.0. The van der Waals surface area contributed by atoms with Crippen molar-refractivity contribution in [1.29, 1.82) is 0 Å². The number of hydrogen-bond acceptors (Lipinski definition) is 5. The Morgan fingerprint density at radius 2 is 1.66 bits per heavy atom. The molecule has 150 valence electrons. The molecule has 1 aromatic carbocycles. The van der Waals surface area contributed by atoms with Crippen LogP contribution >= 0.6 is 22.7 Å². The minimum absolute atomic E-state index is 0.0152. The fraction of sp³-hybridized carbons (Fsp3) is 0.190. The molecule has 3 aromatic rings. The number of thiophene rings is 2. The van der Waals surface area contributed by atoms with E-state index in [1.165, 1.54) is 23.5 Å². The molecule has 0 fully saturated rings. The van der Waals surface area contributed by atoms with Gasteiger partial charge in [0.05, 0.1) is 4.88 Å². The zero-order valence-corrected chi connectivity index (χ0v) is 17.5. The lowest BCUT2D eigenvalue weighted by Crippen LogP contribution is -2.41. The smallest absolute Gasteiger partial charge is 0.279 e. The molecule has 3 rings (SSSR count). The van der Waals surface area contributed by atoms with E-state index in [4.69, 9.17) is 0 Å². The average molecular weight is 431 g/mol. The average Bonchev–Trinajstić information content (AvgIpc) is 3.31. The van der Waals surface area contributed by atoms with Crippen molar-refractivity contribution in [2.75, 3.05) is 0 Å². The number of carbonyl (C=O) groups is 3. The fourth-order valence-corrected chi connectivity index (χ4v) is 4.60. The number of benzene rings is 1. The summed E-state index contributed by atoms with van der Waals surface area (Å²) >= 11 is 2.78. The van der Waals surface area contributed by atoms with Crippen LogP contribution < -0.4 is 10.9 Å². The number of hydrogen-bond donors (Lipinski definition) is 2. The standard InChI is InChI=1S/C21H19FN2O3S2/c1-12-11-16(13(2)28-12)17(25)7-10-20(26)23-24-21(27)19-9-8-18(29-19)14-3-5-15(22)6-4-14/h3-6,8-9,11H,7,10H2,1-2H3,(H,23,26)(H,24,27). The van der Waals surface area contributed by atoms with Crippen LogP contribution in [0.3, 0.4) is 0 Å². The van der Waals surface area contributed by atoms with E-state index >= 15 is 0 Å². The summed E-state index contributed by atoms with van der Waals surface area (Å²) in [5.74, 6) is -1.30. The lowest BCUT2D eigenvalue weighted by atomic mass is 10.1. The molecule has 0 unspecified atom stereocenters. The lowest BCUT2D eigenvalue weighted by molar-refractivity contribution is -0.121. The third kappa shape index (κ3) is 5.36. The van der Waals surface area contributed by atoms with E-state index in [1.54, 1.807) is 35.6 Å². The van der Waals surface area contributed by atoms with E-state index in [-0.39, 0.29) is 24.4 Å². The minimum Gasteiger partial charge on any atom is -0.294 e. The van der Waals surface area contributed by atoms with Crippen LogP contribution in [0.25, 0.3) is 10.4 Å². The third-order valence-corrected chi connectivity index (χ3v) is 6.29. The summed E-state index contributed by atoms with van der Waals surface area (Å²) in [4.78, 5) is 39.6. The number of hydrazine groups is 1. The van der Waals surface area contributed by atoms with Crippen molar-refractivity contribution in [2.24, 2.45) is 0 Å². The van der Waals surface area contributed by atoms with E-state index in [1.807, 2.05) is 19.9 Å². The van der Waals surface area contributed by atoms with Gasteiger partial charge in [-0.3, -0.25) is 25.2 Å². The molecule has 8 heteroatoms. The molecule has 0 atom stereocenters. The Morgan fingerprint density at radius 3 is 2.31 bits per heavy atom. The van der Waals surface area contributed by atoms with Gasteiger partial charge >= 0.3 is 0 Å². The maximum Gasteiger partial charge on any atom is 0.279 e. The molecule has 2 amide bonds. The highest BCUT2D eigenvalue weighted by molar-refractivity contribution is 7.17. The summed E-state index contributed by atoms with van der Waals surface area (Å²) in [7, 11) is 0. The molecule has 2 heterocycles. The Bertz CT molecular complexity index is 1050. The van der Waals surface area contributed by atoms with Crippen molar-refractivity contribution in [3.05, 3.63) is 68.5 Å². The second-order valence-electron chi connectivity index (χ2n) is 6.42. The Morgan fingerprint density at radius 1 is 0.931 bits per heavy atom. The normalized spacial score (nSPS) is 10.6. The highest BCUT2D eigenvalue weighted by atomic mass is 32.1. The van der Waals surface area contributed by atoms with Crippen molar-refractivity contribution < 1.29 is 18.8 Å². The summed E-state index contributed by atoms with van der Waals surface area (Å²) in [6.07, 6.45) is 0.0607.